The third-order valence-corrected chi connectivity index (χ3v) is 4.01. The van der Waals surface area contributed by atoms with Gasteiger partial charge in [-0.15, -0.1) is 11.3 Å². The van der Waals surface area contributed by atoms with E-state index in [9.17, 15) is 9.50 Å². The molecule has 0 aliphatic rings. The molecule has 0 saturated heterocycles. The summed E-state index contributed by atoms with van der Waals surface area (Å²) < 4.78 is 13.4. The predicted octanol–water partition coefficient (Wildman–Crippen LogP) is 2.89. The van der Waals surface area contributed by atoms with E-state index in [0.29, 0.717) is 18.7 Å². The smallest absolute Gasteiger partial charge is 0.194 e. The van der Waals surface area contributed by atoms with Crippen LogP contribution in [0.4, 0.5) is 4.39 Å². The van der Waals surface area contributed by atoms with Gasteiger partial charge in [-0.3, -0.25) is 0 Å². The van der Waals surface area contributed by atoms with Crippen molar-refractivity contribution in [3.05, 3.63) is 45.7 Å². The number of aliphatic imine (C=N–C) groups is 1. The van der Waals surface area contributed by atoms with E-state index in [-0.39, 0.29) is 5.75 Å². The number of hydrogen-bond donors (Lipinski definition) is 2. The Hall–Kier alpha value is -2.15. The Morgan fingerprint density at radius 2 is 2.26 bits per heavy atom. The third kappa shape index (κ3) is 4.92. The van der Waals surface area contributed by atoms with Crippen LogP contribution < -0.4 is 5.32 Å². The Kier molecular flexibility index (Phi) is 5.92. The molecule has 0 atom stereocenters. The zero-order valence-corrected chi connectivity index (χ0v) is 14.3. The van der Waals surface area contributed by atoms with Crippen molar-refractivity contribution in [1.82, 2.24) is 15.2 Å². The minimum absolute atomic E-state index is 0.333. The molecule has 124 valence electrons. The molecule has 0 fully saturated rings. The Morgan fingerprint density at radius 1 is 1.48 bits per heavy atom. The van der Waals surface area contributed by atoms with Crippen molar-refractivity contribution >= 4 is 17.3 Å². The van der Waals surface area contributed by atoms with Crippen LogP contribution in [-0.2, 0) is 13.1 Å². The Balaban J connectivity index is 2.07. The molecule has 1 heterocycles. The number of nitrogens with zero attached hydrogens (tertiary/aromatic N) is 3. The van der Waals surface area contributed by atoms with Crippen LogP contribution in [0.25, 0.3) is 0 Å². The van der Waals surface area contributed by atoms with Gasteiger partial charge in [-0.1, -0.05) is 6.07 Å². The fourth-order valence-electron chi connectivity index (χ4n) is 2.08. The molecule has 0 radical (unpaired) electrons. The highest BCUT2D eigenvalue weighted by atomic mass is 32.1. The number of phenols is 1. The first-order chi connectivity index (χ1) is 11.0. The van der Waals surface area contributed by atoms with Crippen LogP contribution in [0.3, 0.4) is 0 Å². The number of rotatable bonds is 5. The molecule has 0 aliphatic heterocycles. The SMILES string of the molecule is CCNC(=NCc1ccc(O)c(F)c1)N(C)Cc1csc(C)n1. The lowest BCUT2D eigenvalue weighted by Gasteiger charge is -2.21. The highest BCUT2D eigenvalue weighted by Gasteiger charge is 2.09. The van der Waals surface area contributed by atoms with Gasteiger partial charge in [0.15, 0.2) is 17.5 Å². The summed E-state index contributed by atoms with van der Waals surface area (Å²) in [6.45, 7) is 5.70. The van der Waals surface area contributed by atoms with Gasteiger partial charge in [0.2, 0.25) is 0 Å². The van der Waals surface area contributed by atoms with E-state index in [4.69, 9.17) is 0 Å². The lowest BCUT2D eigenvalue weighted by atomic mass is 10.2. The second-order valence-corrected chi connectivity index (χ2v) is 6.23. The first kappa shape index (κ1) is 17.2. The van der Waals surface area contributed by atoms with Crippen molar-refractivity contribution in [3.63, 3.8) is 0 Å². The topological polar surface area (TPSA) is 60.8 Å². The molecule has 0 aliphatic carbocycles. The monoisotopic (exact) mass is 336 g/mol. The molecular formula is C16H21FN4OS. The number of nitrogens with one attached hydrogen (secondary N) is 1. The molecule has 0 spiro atoms. The van der Waals surface area contributed by atoms with Gasteiger partial charge in [-0.05, 0) is 31.5 Å². The number of aromatic hydroxyl groups is 1. The van der Waals surface area contributed by atoms with Crippen LogP contribution in [0.15, 0.2) is 28.6 Å². The number of hydrogen-bond acceptors (Lipinski definition) is 4. The normalized spacial score (nSPS) is 11.6. The van der Waals surface area contributed by atoms with Crippen molar-refractivity contribution in [3.8, 4) is 5.75 Å². The first-order valence-corrected chi connectivity index (χ1v) is 8.25. The summed E-state index contributed by atoms with van der Waals surface area (Å²) in [5, 5.41) is 15.5. The number of guanidine groups is 1. The Labute approximate surface area is 139 Å². The van der Waals surface area contributed by atoms with Crippen LogP contribution in [-0.4, -0.2) is 34.5 Å². The third-order valence-electron chi connectivity index (χ3n) is 3.19. The van der Waals surface area contributed by atoms with Gasteiger partial charge in [0.1, 0.15) is 0 Å². The molecule has 0 amide bonds. The molecule has 2 N–H and O–H groups in total. The minimum atomic E-state index is -0.631. The number of aryl methyl sites for hydroxylation is 1. The molecule has 0 bridgehead atoms. The van der Waals surface area contributed by atoms with E-state index >= 15 is 0 Å². The van der Waals surface area contributed by atoms with E-state index < -0.39 is 5.82 Å². The highest BCUT2D eigenvalue weighted by molar-refractivity contribution is 7.09. The molecule has 1 aromatic heterocycles. The van der Waals surface area contributed by atoms with E-state index in [1.54, 1.807) is 17.4 Å². The fourth-order valence-corrected chi connectivity index (χ4v) is 2.69. The van der Waals surface area contributed by atoms with Crippen molar-refractivity contribution in [1.29, 1.82) is 0 Å². The molecule has 2 rings (SSSR count). The average Bonchev–Trinajstić information content (AvgIpc) is 2.92. The Morgan fingerprint density at radius 3 is 2.87 bits per heavy atom. The number of benzene rings is 1. The maximum atomic E-state index is 13.4. The van der Waals surface area contributed by atoms with Crippen LogP contribution >= 0.6 is 11.3 Å². The molecule has 1 aromatic carbocycles. The maximum absolute atomic E-state index is 13.4. The summed E-state index contributed by atoms with van der Waals surface area (Å²) in [6.07, 6.45) is 0. The molecule has 2 aromatic rings. The van der Waals surface area contributed by atoms with E-state index in [0.717, 1.165) is 23.2 Å². The van der Waals surface area contributed by atoms with Crippen LogP contribution in [0.2, 0.25) is 0 Å². The summed E-state index contributed by atoms with van der Waals surface area (Å²) in [6, 6.07) is 4.30. The van der Waals surface area contributed by atoms with E-state index in [1.807, 2.05) is 31.2 Å². The van der Waals surface area contributed by atoms with Gasteiger partial charge in [-0.2, -0.15) is 0 Å². The largest absolute Gasteiger partial charge is 0.505 e. The van der Waals surface area contributed by atoms with Gasteiger partial charge in [0.25, 0.3) is 0 Å². The summed E-state index contributed by atoms with van der Waals surface area (Å²) in [5.41, 5.74) is 1.70. The molecule has 7 heteroatoms. The van der Waals surface area contributed by atoms with Gasteiger partial charge < -0.3 is 15.3 Å². The van der Waals surface area contributed by atoms with E-state index in [1.165, 1.54) is 12.1 Å². The zero-order chi connectivity index (χ0) is 16.8. The zero-order valence-electron chi connectivity index (χ0n) is 13.5. The summed E-state index contributed by atoms with van der Waals surface area (Å²) in [5.74, 6) is -0.249. The number of thiazole rings is 1. The van der Waals surface area contributed by atoms with Crippen LogP contribution in [0.5, 0.6) is 5.75 Å². The quantitative estimate of drug-likeness (QED) is 0.651. The lowest BCUT2D eigenvalue weighted by Crippen LogP contribution is -2.38. The number of phenolic OH excluding ortho intramolecular Hbond substituents is 1. The number of aromatic nitrogens is 1. The molecule has 5 nitrogen and oxygen atoms in total. The molecule has 0 unspecified atom stereocenters. The van der Waals surface area contributed by atoms with Gasteiger partial charge in [0, 0.05) is 19.0 Å². The lowest BCUT2D eigenvalue weighted by molar-refractivity contribution is 0.431. The maximum Gasteiger partial charge on any atom is 0.194 e. The second kappa shape index (κ2) is 7.92. The summed E-state index contributed by atoms with van der Waals surface area (Å²) in [7, 11) is 1.94. The molecular weight excluding hydrogens is 315 g/mol. The summed E-state index contributed by atoms with van der Waals surface area (Å²) >= 11 is 1.62. The summed E-state index contributed by atoms with van der Waals surface area (Å²) in [4.78, 5) is 10.9. The van der Waals surface area contributed by atoms with Crippen molar-refractivity contribution in [2.24, 2.45) is 4.99 Å². The van der Waals surface area contributed by atoms with E-state index in [2.05, 4.69) is 15.3 Å². The minimum Gasteiger partial charge on any atom is -0.505 e. The van der Waals surface area contributed by atoms with Crippen molar-refractivity contribution in [2.45, 2.75) is 26.9 Å². The Bertz CT molecular complexity index is 686. The molecule has 23 heavy (non-hydrogen) atoms. The predicted molar refractivity (Wildman–Crippen MR) is 91.2 cm³/mol. The van der Waals surface area contributed by atoms with Crippen LogP contribution in [0, 0.1) is 12.7 Å². The highest BCUT2D eigenvalue weighted by Crippen LogP contribution is 2.17. The standard InChI is InChI=1S/C16H21FN4OS/c1-4-18-16(21(3)9-13-10-23-11(2)20-13)19-8-12-5-6-15(22)14(17)7-12/h5-7,10,22H,4,8-9H2,1-3H3,(H,18,19). The fraction of sp³-hybridized carbons (Fsp3) is 0.375. The van der Waals surface area contributed by atoms with Gasteiger partial charge in [0.05, 0.1) is 23.8 Å². The van der Waals surface area contributed by atoms with Gasteiger partial charge >= 0.3 is 0 Å². The van der Waals surface area contributed by atoms with Gasteiger partial charge in [-0.25, -0.2) is 14.4 Å². The van der Waals surface area contributed by atoms with Crippen LogP contribution in [0.1, 0.15) is 23.2 Å². The first-order valence-electron chi connectivity index (χ1n) is 7.37. The molecule has 0 saturated carbocycles. The second-order valence-electron chi connectivity index (χ2n) is 5.17. The van der Waals surface area contributed by atoms with Crippen molar-refractivity contribution < 1.29 is 9.50 Å². The number of halogens is 1. The van der Waals surface area contributed by atoms with Crippen molar-refractivity contribution in [2.75, 3.05) is 13.6 Å². The average molecular weight is 336 g/mol.